The van der Waals surface area contributed by atoms with Crippen molar-refractivity contribution in [3.63, 3.8) is 0 Å². The van der Waals surface area contributed by atoms with E-state index in [0.29, 0.717) is 5.82 Å². The lowest BCUT2D eigenvalue weighted by molar-refractivity contribution is 0.760. The summed E-state index contributed by atoms with van der Waals surface area (Å²) >= 11 is 6.02. The van der Waals surface area contributed by atoms with Crippen LogP contribution in [0.4, 0.5) is 0 Å². The Bertz CT molecular complexity index is 476. The van der Waals surface area contributed by atoms with E-state index in [2.05, 4.69) is 34.6 Å². The normalized spacial score (nSPS) is 12.6. The third kappa shape index (κ3) is 2.64. The predicted octanol–water partition coefficient (Wildman–Crippen LogP) is 2.91. The van der Waals surface area contributed by atoms with E-state index in [1.54, 1.807) is 4.68 Å². The zero-order valence-electron chi connectivity index (χ0n) is 9.97. The van der Waals surface area contributed by atoms with Crippen molar-refractivity contribution in [2.45, 2.75) is 32.1 Å². The van der Waals surface area contributed by atoms with Gasteiger partial charge in [-0.2, -0.15) is 4.68 Å². The van der Waals surface area contributed by atoms with E-state index in [4.69, 9.17) is 11.6 Å². The van der Waals surface area contributed by atoms with E-state index in [-0.39, 0.29) is 5.38 Å². The summed E-state index contributed by atoms with van der Waals surface area (Å²) in [5.41, 5.74) is 2.27. The Morgan fingerprint density at radius 2 is 2.00 bits per heavy atom. The lowest BCUT2D eigenvalue weighted by Crippen LogP contribution is -2.03. The van der Waals surface area contributed by atoms with Crippen LogP contribution in [-0.4, -0.2) is 20.2 Å². The van der Waals surface area contributed by atoms with Gasteiger partial charge in [0.2, 0.25) is 0 Å². The summed E-state index contributed by atoms with van der Waals surface area (Å²) in [6.07, 6.45) is 2.24. The number of hydrogen-bond donors (Lipinski definition) is 0. The average molecular weight is 251 g/mol. The molecule has 0 bridgehead atoms. The van der Waals surface area contributed by atoms with Crippen LogP contribution in [0.5, 0.6) is 0 Å². The van der Waals surface area contributed by atoms with Gasteiger partial charge in [-0.1, -0.05) is 25.5 Å². The van der Waals surface area contributed by atoms with Gasteiger partial charge in [-0.15, -0.1) is 16.7 Å². The number of hydrogen-bond acceptors (Lipinski definition) is 3. The van der Waals surface area contributed by atoms with Crippen molar-refractivity contribution < 1.29 is 0 Å². The summed E-state index contributed by atoms with van der Waals surface area (Å²) in [4.78, 5) is 0. The Morgan fingerprint density at radius 1 is 1.29 bits per heavy atom. The molecule has 0 aliphatic carbocycles. The average Bonchev–Trinajstić information content (AvgIpc) is 2.79. The van der Waals surface area contributed by atoms with Gasteiger partial charge in [0, 0.05) is 0 Å². The Morgan fingerprint density at radius 3 is 2.59 bits per heavy atom. The van der Waals surface area contributed by atoms with Gasteiger partial charge in [-0.3, -0.25) is 0 Å². The van der Waals surface area contributed by atoms with Crippen molar-refractivity contribution in [1.82, 2.24) is 20.2 Å². The highest BCUT2D eigenvalue weighted by Crippen LogP contribution is 2.19. The maximum Gasteiger partial charge on any atom is 0.174 e. The highest BCUT2D eigenvalue weighted by atomic mass is 35.5. The fourth-order valence-corrected chi connectivity index (χ4v) is 1.85. The van der Waals surface area contributed by atoms with E-state index in [1.807, 2.05) is 19.1 Å². The van der Waals surface area contributed by atoms with E-state index in [1.165, 1.54) is 5.56 Å². The number of benzene rings is 1. The number of aryl methyl sites for hydroxylation is 1. The van der Waals surface area contributed by atoms with E-state index in [9.17, 15) is 0 Å². The Kier molecular flexibility index (Phi) is 3.74. The maximum absolute atomic E-state index is 6.02. The van der Waals surface area contributed by atoms with Gasteiger partial charge in [-0.25, -0.2) is 0 Å². The molecule has 0 fully saturated rings. The quantitative estimate of drug-likeness (QED) is 0.784. The molecule has 0 saturated carbocycles. The summed E-state index contributed by atoms with van der Waals surface area (Å²) < 4.78 is 1.67. The van der Waals surface area contributed by atoms with Gasteiger partial charge in [-0.05, 0) is 41.5 Å². The number of rotatable bonds is 4. The second-order valence-electron chi connectivity index (χ2n) is 3.98. The number of aromatic nitrogens is 4. The van der Waals surface area contributed by atoms with Crippen molar-refractivity contribution >= 4 is 11.6 Å². The standard InChI is InChI=1S/C12H15ClN4/c1-3-4-10-5-7-11(8-6-10)17-12(9(2)13)14-15-16-17/h5-9H,3-4H2,1-2H3. The molecule has 5 heteroatoms. The minimum atomic E-state index is -0.208. The van der Waals surface area contributed by atoms with Crippen LogP contribution >= 0.6 is 11.6 Å². The zero-order valence-corrected chi connectivity index (χ0v) is 10.7. The second kappa shape index (κ2) is 5.27. The van der Waals surface area contributed by atoms with Crippen molar-refractivity contribution in [2.24, 2.45) is 0 Å². The van der Waals surface area contributed by atoms with Crippen LogP contribution in [0.25, 0.3) is 5.69 Å². The van der Waals surface area contributed by atoms with Crippen LogP contribution < -0.4 is 0 Å². The van der Waals surface area contributed by atoms with Crippen LogP contribution in [0, 0.1) is 0 Å². The Hall–Kier alpha value is -1.42. The number of halogens is 1. The van der Waals surface area contributed by atoms with Gasteiger partial charge in [0.05, 0.1) is 11.1 Å². The molecule has 1 atom stereocenters. The van der Waals surface area contributed by atoms with Gasteiger partial charge >= 0.3 is 0 Å². The molecule has 90 valence electrons. The number of nitrogens with zero attached hydrogens (tertiary/aromatic N) is 4. The molecule has 0 aliphatic rings. The molecule has 1 aromatic heterocycles. The molecule has 1 unspecified atom stereocenters. The number of alkyl halides is 1. The molecule has 0 aliphatic heterocycles. The molecule has 1 heterocycles. The van der Waals surface area contributed by atoms with E-state index >= 15 is 0 Å². The first-order valence-corrected chi connectivity index (χ1v) is 6.17. The molecule has 0 radical (unpaired) electrons. The van der Waals surface area contributed by atoms with Crippen LogP contribution in [0.2, 0.25) is 0 Å². The largest absolute Gasteiger partial charge is 0.196 e. The SMILES string of the molecule is CCCc1ccc(-n2nnnc2C(C)Cl)cc1. The molecule has 0 spiro atoms. The monoisotopic (exact) mass is 250 g/mol. The highest BCUT2D eigenvalue weighted by Gasteiger charge is 2.12. The molecule has 2 rings (SSSR count). The van der Waals surface area contributed by atoms with Crippen LogP contribution in [0.1, 0.15) is 37.0 Å². The molecule has 4 nitrogen and oxygen atoms in total. The molecule has 0 amide bonds. The third-order valence-corrected chi connectivity index (χ3v) is 2.76. The smallest absolute Gasteiger partial charge is 0.174 e. The van der Waals surface area contributed by atoms with Crippen LogP contribution in [0.3, 0.4) is 0 Å². The Labute approximate surface area is 106 Å². The maximum atomic E-state index is 6.02. The van der Waals surface area contributed by atoms with E-state index in [0.717, 1.165) is 18.5 Å². The van der Waals surface area contributed by atoms with Gasteiger partial charge in [0.1, 0.15) is 0 Å². The highest BCUT2D eigenvalue weighted by molar-refractivity contribution is 6.20. The summed E-state index contributed by atoms with van der Waals surface area (Å²) in [7, 11) is 0. The lowest BCUT2D eigenvalue weighted by atomic mass is 10.1. The summed E-state index contributed by atoms with van der Waals surface area (Å²) in [5.74, 6) is 0.662. The number of tetrazole rings is 1. The van der Waals surface area contributed by atoms with Crippen molar-refractivity contribution in [3.05, 3.63) is 35.7 Å². The molecule has 2 aromatic rings. The molecular weight excluding hydrogens is 236 g/mol. The minimum absolute atomic E-state index is 0.208. The van der Waals surface area contributed by atoms with Crippen LogP contribution in [0.15, 0.2) is 24.3 Å². The van der Waals surface area contributed by atoms with Crippen LogP contribution in [-0.2, 0) is 6.42 Å². The second-order valence-corrected chi connectivity index (χ2v) is 4.64. The fraction of sp³-hybridized carbons (Fsp3) is 0.417. The fourth-order valence-electron chi connectivity index (χ4n) is 1.72. The Balaban J connectivity index is 2.30. The minimum Gasteiger partial charge on any atom is -0.196 e. The molecule has 0 saturated heterocycles. The zero-order chi connectivity index (χ0) is 12.3. The summed E-state index contributed by atoms with van der Waals surface area (Å²) in [6.45, 7) is 4.03. The van der Waals surface area contributed by atoms with Crippen molar-refractivity contribution in [1.29, 1.82) is 0 Å². The first kappa shape index (κ1) is 12.0. The third-order valence-electron chi connectivity index (χ3n) is 2.57. The summed E-state index contributed by atoms with van der Waals surface area (Å²) in [6, 6.07) is 8.24. The summed E-state index contributed by atoms with van der Waals surface area (Å²) in [5, 5.41) is 11.3. The van der Waals surface area contributed by atoms with Gasteiger partial charge < -0.3 is 0 Å². The van der Waals surface area contributed by atoms with E-state index < -0.39 is 0 Å². The van der Waals surface area contributed by atoms with Crippen molar-refractivity contribution in [2.75, 3.05) is 0 Å². The molecule has 17 heavy (non-hydrogen) atoms. The molecule has 0 N–H and O–H groups in total. The topological polar surface area (TPSA) is 43.6 Å². The first-order valence-electron chi connectivity index (χ1n) is 5.74. The molecule has 1 aromatic carbocycles. The van der Waals surface area contributed by atoms with Gasteiger partial charge in [0.15, 0.2) is 5.82 Å². The predicted molar refractivity (Wildman–Crippen MR) is 67.4 cm³/mol. The van der Waals surface area contributed by atoms with Crippen molar-refractivity contribution in [3.8, 4) is 5.69 Å². The first-order chi connectivity index (χ1) is 8.22. The molecular formula is C12H15ClN4. The lowest BCUT2D eigenvalue weighted by Gasteiger charge is -2.06. The van der Waals surface area contributed by atoms with Gasteiger partial charge in [0.25, 0.3) is 0 Å².